The van der Waals surface area contributed by atoms with E-state index in [1.807, 2.05) is 6.07 Å². The average Bonchev–Trinajstić information content (AvgIpc) is 2.99. The third-order valence-corrected chi connectivity index (χ3v) is 4.74. The average molecular weight is 281 g/mol. The van der Waals surface area contributed by atoms with Crippen molar-refractivity contribution in [3.8, 4) is 5.75 Å². The summed E-state index contributed by atoms with van der Waals surface area (Å²) < 4.78 is 28.8. The van der Waals surface area contributed by atoms with Crippen LogP contribution >= 0.6 is 0 Å². The van der Waals surface area contributed by atoms with Crippen molar-refractivity contribution < 1.29 is 13.5 Å². The Balaban J connectivity index is 1.55. The summed E-state index contributed by atoms with van der Waals surface area (Å²) in [5.74, 6) is 1.96. The van der Waals surface area contributed by atoms with Gasteiger partial charge in [0.25, 0.3) is 0 Å². The first-order valence-electron chi connectivity index (χ1n) is 7.49. The molecule has 1 saturated carbocycles. The molecule has 1 heterocycles. The van der Waals surface area contributed by atoms with Gasteiger partial charge >= 0.3 is 6.61 Å². The van der Waals surface area contributed by atoms with Gasteiger partial charge in [-0.05, 0) is 61.8 Å². The van der Waals surface area contributed by atoms with E-state index in [0.29, 0.717) is 6.04 Å². The smallest absolute Gasteiger partial charge is 0.387 e. The Hall–Kier alpha value is -1.16. The molecule has 2 fully saturated rings. The fourth-order valence-electron chi connectivity index (χ4n) is 3.82. The molecule has 1 aromatic carbocycles. The molecule has 2 aliphatic rings. The summed E-state index contributed by atoms with van der Waals surface area (Å²) in [6.07, 6.45) is 6.08. The van der Waals surface area contributed by atoms with Gasteiger partial charge in [0.15, 0.2) is 0 Å². The predicted octanol–water partition coefficient (Wildman–Crippen LogP) is 3.61. The second-order valence-corrected chi connectivity index (χ2v) is 5.93. The quantitative estimate of drug-likeness (QED) is 0.890. The summed E-state index contributed by atoms with van der Waals surface area (Å²) in [5.41, 5.74) is 1.08. The highest BCUT2D eigenvalue weighted by Crippen LogP contribution is 2.39. The first-order valence-corrected chi connectivity index (χ1v) is 7.49. The van der Waals surface area contributed by atoms with E-state index in [1.165, 1.54) is 19.3 Å². The summed E-state index contributed by atoms with van der Waals surface area (Å²) in [6, 6.07) is 7.68. The van der Waals surface area contributed by atoms with E-state index >= 15 is 0 Å². The molecule has 1 aliphatic carbocycles. The molecule has 1 aliphatic heterocycles. The lowest BCUT2D eigenvalue weighted by molar-refractivity contribution is -0.0498. The van der Waals surface area contributed by atoms with Crippen LogP contribution in [0.2, 0.25) is 0 Å². The van der Waals surface area contributed by atoms with Gasteiger partial charge in [0.2, 0.25) is 0 Å². The van der Waals surface area contributed by atoms with E-state index in [0.717, 1.165) is 36.8 Å². The zero-order valence-electron chi connectivity index (χ0n) is 11.5. The summed E-state index contributed by atoms with van der Waals surface area (Å²) in [6.45, 7) is -1.59. The summed E-state index contributed by atoms with van der Waals surface area (Å²) in [4.78, 5) is 0. The largest absolute Gasteiger partial charge is 0.435 e. The van der Waals surface area contributed by atoms with E-state index in [4.69, 9.17) is 0 Å². The SMILES string of the molecule is FC(F)Oc1cccc(CCC2NCC3CCCC32)c1. The van der Waals surface area contributed by atoms with E-state index in [2.05, 4.69) is 10.1 Å². The van der Waals surface area contributed by atoms with Crippen molar-refractivity contribution >= 4 is 0 Å². The topological polar surface area (TPSA) is 21.3 Å². The first kappa shape index (κ1) is 13.8. The van der Waals surface area contributed by atoms with Crippen LogP contribution in [0.25, 0.3) is 0 Å². The van der Waals surface area contributed by atoms with Gasteiger partial charge < -0.3 is 10.1 Å². The highest BCUT2D eigenvalue weighted by atomic mass is 19.3. The van der Waals surface area contributed by atoms with Gasteiger partial charge in [-0.3, -0.25) is 0 Å². The highest BCUT2D eigenvalue weighted by molar-refractivity contribution is 5.28. The Labute approximate surface area is 118 Å². The van der Waals surface area contributed by atoms with Crippen molar-refractivity contribution in [2.24, 2.45) is 11.8 Å². The molecule has 0 amide bonds. The molecular weight excluding hydrogens is 260 g/mol. The number of ether oxygens (including phenoxy) is 1. The van der Waals surface area contributed by atoms with Crippen LogP contribution in [0, 0.1) is 11.8 Å². The van der Waals surface area contributed by atoms with E-state index in [1.54, 1.807) is 18.2 Å². The maximum absolute atomic E-state index is 12.2. The van der Waals surface area contributed by atoms with Crippen LogP contribution in [0.5, 0.6) is 5.75 Å². The van der Waals surface area contributed by atoms with Crippen molar-refractivity contribution in [2.45, 2.75) is 44.8 Å². The third-order valence-electron chi connectivity index (χ3n) is 4.74. The van der Waals surface area contributed by atoms with Crippen molar-refractivity contribution in [1.29, 1.82) is 0 Å². The first-order chi connectivity index (χ1) is 9.72. The molecular formula is C16H21F2NO. The van der Waals surface area contributed by atoms with Crippen molar-refractivity contribution in [3.05, 3.63) is 29.8 Å². The minimum atomic E-state index is -2.75. The second-order valence-electron chi connectivity index (χ2n) is 5.93. The van der Waals surface area contributed by atoms with E-state index in [-0.39, 0.29) is 5.75 Å². The van der Waals surface area contributed by atoms with Crippen molar-refractivity contribution in [3.63, 3.8) is 0 Å². The van der Waals surface area contributed by atoms with Crippen LogP contribution in [0.15, 0.2) is 24.3 Å². The zero-order chi connectivity index (χ0) is 13.9. The zero-order valence-corrected chi connectivity index (χ0v) is 11.5. The third kappa shape index (κ3) is 3.11. The Kier molecular flexibility index (Phi) is 4.20. The summed E-state index contributed by atoms with van der Waals surface area (Å²) in [7, 11) is 0. The predicted molar refractivity (Wildman–Crippen MR) is 74.0 cm³/mol. The second kappa shape index (κ2) is 6.08. The van der Waals surface area contributed by atoms with Gasteiger partial charge in [0, 0.05) is 6.04 Å². The number of benzene rings is 1. The van der Waals surface area contributed by atoms with Gasteiger partial charge in [-0.2, -0.15) is 8.78 Å². The lowest BCUT2D eigenvalue weighted by Gasteiger charge is -2.18. The molecule has 20 heavy (non-hydrogen) atoms. The van der Waals surface area contributed by atoms with Gasteiger partial charge in [-0.1, -0.05) is 18.6 Å². The molecule has 4 heteroatoms. The van der Waals surface area contributed by atoms with Crippen LogP contribution in [-0.2, 0) is 6.42 Å². The molecule has 0 radical (unpaired) electrons. The van der Waals surface area contributed by atoms with Crippen LogP contribution in [0.1, 0.15) is 31.2 Å². The number of aryl methyl sites for hydroxylation is 1. The maximum atomic E-state index is 12.2. The molecule has 3 atom stereocenters. The fourth-order valence-corrected chi connectivity index (χ4v) is 3.82. The lowest BCUT2D eigenvalue weighted by atomic mass is 9.90. The normalized spacial score (nSPS) is 28.9. The van der Waals surface area contributed by atoms with Crippen molar-refractivity contribution in [2.75, 3.05) is 6.54 Å². The number of hydrogen-bond acceptors (Lipinski definition) is 2. The number of halogens is 2. The molecule has 0 aromatic heterocycles. The molecule has 0 bridgehead atoms. The standard InChI is InChI=1S/C16H21F2NO/c17-16(18)20-13-5-1-3-11(9-13)7-8-15-14-6-2-4-12(14)10-19-15/h1,3,5,9,12,14-16,19H,2,4,6-8,10H2. The molecule has 1 aromatic rings. The van der Waals surface area contributed by atoms with E-state index < -0.39 is 6.61 Å². The minimum Gasteiger partial charge on any atom is -0.435 e. The monoisotopic (exact) mass is 281 g/mol. The summed E-state index contributed by atoms with van der Waals surface area (Å²) in [5, 5.41) is 3.62. The number of alkyl halides is 2. The van der Waals surface area contributed by atoms with Crippen LogP contribution in [0.4, 0.5) is 8.78 Å². The molecule has 2 nitrogen and oxygen atoms in total. The fraction of sp³-hybridized carbons (Fsp3) is 0.625. The molecule has 0 spiro atoms. The molecule has 3 unspecified atom stereocenters. The van der Waals surface area contributed by atoms with Gasteiger partial charge in [-0.25, -0.2) is 0 Å². The minimum absolute atomic E-state index is 0.260. The van der Waals surface area contributed by atoms with Crippen LogP contribution < -0.4 is 10.1 Å². The molecule has 3 rings (SSSR count). The highest BCUT2D eigenvalue weighted by Gasteiger charge is 2.38. The number of hydrogen-bond donors (Lipinski definition) is 1. The number of nitrogens with one attached hydrogen (secondary N) is 1. The van der Waals surface area contributed by atoms with E-state index in [9.17, 15) is 8.78 Å². The van der Waals surface area contributed by atoms with Gasteiger partial charge in [0.05, 0.1) is 0 Å². The van der Waals surface area contributed by atoms with Gasteiger partial charge in [0.1, 0.15) is 5.75 Å². The maximum Gasteiger partial charge on any atom is 0.387 e. The Bertz CT molecular complexity index is 452. The number of fused-ring (bicyclic) bond motifs is 1. The van der Waals surface area contributed by atoms with Crippen molar-refractivity contribution in [1.82, 2.24) is 5.32 Å². The van der Waals surface area contributed by atoms with Crippen LogP contribution in [0.3, 0.4) is 0 Å². The number of rotatable bonds is 5. The summed E-state index contributed by atoms with van der Waals surface area (Å²) >= 11 is 0. The van der Waals surface area contributed by atoms with Crippen LogP contribution in [-0.4, -0.2) is 19.2 Å². The molecule has 1 N–H and O–H groups in total. The molecule has 110 valence electrons. The Morgan fingerprint density at radius 2 is 2.20 bits per heavy atom. The van der Waals surface area contributed by atoms with Gasteiger partial charge in [-0.15, -0.1) is 0 Å². The Morgan fingerprint density at radius 3 is 3.05 bits per heavy atom. The molecule has 1 saturated heterocycles. The Morgan fingerprint density at radius 1 is 1.30 bits per heavy atom. The lowest BCUT2D eigenvalue weighted by Crippen LogP contribution is -2.27.